The highest BCUT2D eigenvalue weighted by Crippen LogP contribution is 2.38. The van der Waals surface area contributed by atoms with Gasteiger partial charge < -0.3 is 24.2 Å². The highest BCUT2D eigenvalue weighted by Gasteiger charge is 2.24. The molecule has 1 fully saturated rings. The quantitative estimate of drug-likeness (QED) is 0.825. The molecule has 0 saturated carbocycles. The number of hydrogen-bond acceptors (Lipinski definition) is 6. The number of rotatable bonds is 6. The van der Waals surface area contributed by atoms with Crippen molar-refractivity contribution in [3.05, 3.63) is 17.7 Å². The average molecular weight is 338 g/mol. The lowest BCUT2D eigenvalue weighted by Crippen LogP contribution is -2.50. The number of ether oxygens (including phenoxy) is 3. The summed E-state index contributed by atoms with van der Waals surface area (Å²) in [6.45, 7) is 4.99. The molecule has 0 aromatic heterocycles. The molecule has 1 heterocycles. The van der Waals surface area contributed by atoms with Crippen molar-refractivity contribution in [2.75, 3.05) is 47.5 Å². The lowest BCUT2D eigenvalue weighted by Gasteiger charge is -2.35. The SMILES string of the molecule is COc1cc(CN2CCN(C(=O)C(C)O)CC2)cc(OC)c1OC. The Kier molecular flexibility index (Phi) is 6.28. The van der Waals surface area contributed by atoms with Crippen molar-refractivity contribution < 1.29 is 24.1 Å². The standard InChI is InChI=1S/C17H26N2O5/c1-12(20)17(21)19-7-5-18(6-8-19)11-13-9-14(22-2)16(24-4)15(10-13)23-3/h9-10,12,20H,5-8,11H2,1-4H3. The van der Waals surface area contributed by atoms with E-state index < -0.39 is 6.10 Å². The van der Waals surface area contributed by atoms with Gasteiger partial charge in [-0.05, 0) is 24.6 Å². The molecule has 2 rings (SSSR count). The number of aliphatic hydroxyl groups is 1. The first kappa shape index (κ1) is 18.4. The number of piperazine rings is 1. The van der Waals surface area contributed by atoms with Crippen LogP contribution in [0.3, 0.4) is 0 Å². The van der Waals surface area contributed by atoms with E-state index in [0.29, 0.717) is 30.3 Å². The van der Waals surface area contributed by atoms with Crippen LogP contribution in [0.2, 0.25) is 0 Å². The molecule has 0 radical (unpaired) electrons. The summed E-state index contributed by atoms with van der Waals surface area (Å²) in [5.74, 6) is 1.64. The topological polar surface area (TPSA) is 71.5 Å². The number of benzene rings is 1. The highest BCUT2D eigenvalue weighted by atomic mass is 16.5. The third-order valence-corrected chi connectivity index (χ3v) is 4.17. The monoisotopic (exact) mass is 338 g/mol. The third kappa shape index (κ3) is 4.10. The van der Waals surface area contributed by atoms with Gasteiger partial charge in [0.05, 0.1) is 21.3 Å². The van der Waals surface area contributed by atoms with E-state index in [2.05, 4.69) is 4.90 Å². The van der Waals surface area contributed by atoms with Crippen LogP contribution in [0.5, 0.6) is 17.2 Å². The zero-order valence-electron chi connectivity index (χ0n) is 14.7. The molecule has 1 amide bonds. The zero-order valence-corrected chi connectivity index (χ0v) is 14.7. The summed E-state index contributed by atoms with van der Waals surface area (Å²) < 4.78 is 16.1. The summed E-state index contributed by atoms with van der Waals surface area (Å²) in [4.78, 5) is 15.8. The number of amides is 1. The summed E-state index contributed by atoms with van der Waals surface area (Å²) in [5.41, 5.74) is 1.06. The Balaban J connectivity index is 2.03. The van der Waals surface area contributed by atoms with Crippen LogP contribution in [0, 0.1) is 0 Å². The van der Waals surface area contributed by atoms with Gasteiger partial charge in [-0.1, -0.05) is 0 Å². The van der Waals surface area contributed by atoms with Crippen LogP contribution in [0.1, 0.15) is 12.5 Å². The normalized spacial score (nSPS) is 16.6. The molecule has 134 valence electrons. The van der Waals surface area contributed by atoms with Gasteiger partial charge in [-0.3, -0.25) is 9.69 Å². The highest BCUT2D eigenvalue weighted by molar-refractivity contribution is 5.80. The van der Waals surface area contributed by atoms with Crippen molar-refractivity contribution >= 4 is 5.91 Å². The molecule has 7 nitrogen and oxygen atoms in total. The van der Waals surface area contributed by atoms with E-state index in [1.54, 1.807) is 26.2 Å². The van der Waals surface area contributed by atoms with E-state index in [4.69, 9.17) is 14.2 Å². The molecular formula is C17H26N2O5. The number of nitrogens with zero attached hydrogens (tertiary/aromatic N) is 2. The average Bonchev–Trinajstić information content (AvgIpc) is 2.60. The van der Waals surface area contributed by atoms with Gasteiger partial charge in [0.25, 0.3) is 5.91 Å². The number of carbonyl (C=O) groups is 1. The smallest absolute Gasteiger partial charge is 0.251 e. The van der Waals surface area contributed by atoms with E-state index in [0.717, 1.165) is 25.2 Å². The third-order valence-electron chi connectivity index (χ3n) is 4.17. The Hall–Kier alpha value is -1.99. The first-order valence-corrected chi connectivity index (χ1v) is 7.98. The molecular weight excluding hydrogens is 312 g/mol. The molecule has 7 heteroatoms. The zero-order chi connectivity index (χ0) is 17.7. The van der Waals surface area contributed by atoms with Gasteiger partial charge >= 0.3 is 0 Å². The van der Waals surface area contributed by atoms with E-state index in [1.807, 2.05) is 12.1 Å². The Morgan fingerprint density at radius 1 is 1.08 bits per heavy atom. The minimum atomic E-state index is -0.938. The molecule has 1 aliphatic heterocycles. The second-order valence-corrected chi connectivity index (χ2v) is 5.81. The lowest BCUT2D eigenvalue weighted by molar-refractivity contribution is -0.141. The molecule has 0 bridgehead atoms. The Bertz CT molecular complexity index is 543. The maximum absolute atomic E-state index is 11.8. The van der Waals surface area contributed by atoms with E-state index >= 15 is 0 Å². The van der Waals surface area contributed by atoms with Crippen LogP contribution in [0.15, 0.2) is 12.1 Å². The summed E-state index contributed by atoms with van der Waals surface area (Å²) in [7, 11) is 4.78. The number of hydrogen-bond donors (Lipinski definition) is 1. The minimum Gasteiger partial charge on any atom is -0.493 e. The van der Waals surface area contributed by atoms with Crippen molar-refractivity contribution in [2.45, 2.75) is 19.6 Å². The molecule has 1 aromatic rings. The van der Waals surface area contributed by atoms with E-state index in [9.17, 15) is 9.90 Å². The number of carbonyl (C=O) groups excluding carboxylic acids is 1. The maximum atomic E-state index is 11.8. The van der Waals surface area contributed by atoms with Crippen LogP contribution in [-0.2, 0) is 11.3 Å². The summed E-state index contributed by atoms with van der Waals surface area (Å²) >= 11 is 0. The van der Waals surface area contributed by atoms with Gasteiger partial charge in [0.1, 0.15) is 6.10 Å². The first-order chi connectivity index (χ1) is 11.5. The Labute approximate surface area is 142 Å². The Morgan fingerprint density at radius 3 is 2.04 bits per heavy atom. The largest absolute Gasteiger partial charge is 0.493 e. The van der Waals surface area contributed by atoms with Gasteiger partial charge in [-0.15, -0.1) is 0 Å². The fraction of sp³-hybridized carbons (Fsp3) is 0.588. The Morgan fingerprint density at radius 2 is 1.62 bits per heavy atom. The second kappa shape index (κ2) is 8.21. The van der Waals surface area contributed by atoms with Crippen LogP contribution < -0.4 is 14.2 Å². The van der Waals surface area contributed by atoms with Gasteiger partial charge in [0.2, 0.25) is 5.75 Å². The van der Waals surface area contributed by atoms with Crippen molar-refractivity contribution in [2.24, 2.45) is 0 Å². The molecule has 1 aliphatic rings. The van der Waals surface area contributed by atoms with Crippen molar-refractivity contribution in [3.63, 3.8) is 0 Å². The van der Waals surface area contributed by atoms with Crippen LogP contribution >= 0.6 is 0 Å². The summed E-state index contributed by atoms with van der Waals surface area (Å²) in [5, 5.41) is 9.39. The van der Waals surface area contributed by atoms with Crippen molar-refractivity contribution in [3.8, 4) is 17.2 Å². The van der Waals surface area contributed by atoms with E-state index in [-0.39, 0.29) is 5.91 Å². The molecule has 1 aromatic carbocycles. The van der Waals surface area contributed by atoms with Gasteiger partial charge in [0, 0.05) is 32.7 Å². The fourth-order valence-electron chi connectivity index (χ4n) is 2.88. The van der Waals surface area contributed by atoms with Crippen LogP contribution in [0.4, 0.5) is 0 Å². The molecule has 0 spiro atoms. The molecule has 1 saturated heterocycles. The first-order valence-electron chi connectivity index (χ1n) is 7.98. The van der Waals surface area contributed by atoms with Crippen LogP contribution in [-0.4, -0.2) is 74.4 Å². The second-order valence-electron chi connectivity index (χ2n) is 5.81. The van der Waals surface area contributed by atoms with Crippen LogP contribution in [0.25, 0.3) is 0 Å². The lowest BCUT2D eigenvalue weighted by atomic mass is 10.1. The van der Waals surface area contributed by atoms with E-state index in [1.165, 1.54) is 6.92 Å². The van der Waals surface area contributed by atoms with Gasteiger partial charge in [0.15, 0.2) is 11.5 Å². The number of methoxy groups -OCH3 is 3. The number of aliphatic hydroxyl groups excluding tert-OH is 1. The molecule has 24 heavy (non-hydrogen) atoms. The molecule has 1 unspecified atom stereocenters. The minimum absolute atomic E-state index is 0.206. The maximum Gasteiger partial charge on any atom is 0.251 e. The predicted molar refractivity (Wildman–Crippen MR) is 89.6 cm³/mol. The summed E-state index contributed by atoms with van der Waals surface area (Å²) in [6, 6.07) is 3.88. The molecule has 1 N–H and O–H groups in total. The van der Waals surface area contributed by atoms with Gasteiger partial charge in [-0.2, -0.15) is 0 Å². The fourth-order valence-corrected chi connectivity index (χ4v) is 2.88. The van der Waals surface area contributed by atoms with Crippen molar-refractivity contribution in [1.29, 1.82) is 0 Å². The molecule has 1 atom stereocenters. The van der Waals surface area contributed by atoms with Crippen molar-refractivity contribution in [1.82, 2.24) is 9.80 Å². The predicted octanol–water partition coefficient (Wildman–Crippen LogP) is 0.737. The molecule has 0 aliphatic carbocycles. The summed E-state index contributed by atoms with van der Waals surface area (Å²) in [6.07, 6.45) is -0.938. The van der Waals surface area contributed by atoms with Gasteiger partial charge in [-0.25, -0.2) is 0 Å².